The highest BCUT2D eigenvalue weighted by Crippen LogP contribution is 2.22. The van der Waals surface area contributed by atoms with Crippen LogP contribution in [-0.2, 0) is 9.84 Å². The van der Waals surface area contributed by atoms with Crippen LogP contribution in [0.5, 0.6) is 5.75 Å². The standard InChI is InChI=1S/C14H23NO3S/c1-4-18-13-8-5-7-12(11-13)14(15-2)9-6-10-19(3,16)17/h5,7-8,11,14-15H,4,6,9-10H2,1-3H3. The number of hydrogen-bond acceptors (Lipinski definition) is 4. The van der Waals surface area contributed by atoms with Crippen LogP contribution in [0, 0.1) is 0 Å². The molecule has 5 heteroatoms. The Balaban J connectivity index is 2.66. The summed E-state index contributed by atoms with van der Waals surface area (Å²) in [4.78, 5) is 0. The minimum atomic E-state index is -2.88. The molecule has 0 aliphatic carbocycles. The molecule has 4 nitrogen and oxygen atoms in total. The van der Waals surface area contributed by atoms with E-state index in [1.807, 2.05) is 38.2 Å². The first-order chi connectivity index (χ1) is 8.96. The SMILES string of the molecule is CCOc1cccc(C(CCCS(C)(=O)=O)NC)c1. The molecule has 0 fully saturated rings. The molecule has 1 aromatic carbocycles. The third-order valence-electron chi connectivity index (χ3n) is 2.93. The van der Waals surface area contributed by atoms with Crippen molar-refractivity contribution < 1.29 is 13.2 Å². The fourth-order valence-electron chi connectivity index (χ4n) is 2.02. The van der Waals surface area contributed by atoms with Crippen molar-refractivity contribution >= 4 is 9.84 Å². The summed E-state index contributed by atoms with van der Waals surface area (Å²) in [5.41, 5.74) is 1.13. The number of sulfone groups is 1. The van der Waals surface area contributed by atoms with Crippen LogP contribution in [0.25, 0.3) is 0 Å². The molecular formula is C14H23NO3S. The van der Waals surface area contributed by atoms with Gasteiger partial charge in [-0.05, 0) is 44.5 Å². The van der Waals surface area contributed by atoms with E-state index < -0.39 is 9.84 Å². The smallest absolute Gasteiger partial charge is 0.147 e. The number of benzene rings is 1. The lowest BCUT2D eigenvalue weighted by Crippen LogP contribution is -2.17. The van der Waals surface area contributed by atoms with Gasteiger partial charge in [0.05, 0.1) is 6.61 Å². The van der Waals surface area contributed by atoms with Gasteiger partial charge in [-0.1, -0.05) is 12.1 Å². The lowest BCUT2D eigenvalue weighted by Gasteiger charge is -2.17. The lowest BCUT2D eigenvalue weighted by molar-refractivity contribution is 0.339. The van der Waals surface area contributed by atoms with Crippen LogP contribution < -0.4 is 10.1 Å². The topological polar surface area (TPSA) is 55.4 Å². The quantitative estimate of drug-likeness (QED) is 0.795. The van der Waals surface area contributed by atoms with Gasteiger partial charge >= 0.3 is 0 Å². The van der Waals surface area contributed by atoms with Crippen molar-refractivity contribution in [2.45, 2.75) is 25.8 Å². The third kappa shape index (κ3) is 6.07. The number of nitrogens with one attached hydrogen (secondary N) is 1. The van der Waals surface area contributed by atoms with Gasteiger partial charge in [-0.15, -0.1) is 0 Å². The van der Waals surface area contributed by atoms with E-state index in [1.165, 1.54) is 6.26 Å². The Labute approximate surface area is 116 Å². The summed E-state index contributed by atoms with van der Waals surface area (Å²) in [7, 11) is -0.992. The van der Waals surface area contributed by atoms with E-state index in [2.05, 4.69) is 5.32 Å². The molecule has 0 bridgehead atoms. The van der Waals surface area contributed by atoms with Crippen LogP contribution in [-0.4, -0.2) is 34.1 Å². The van der Waals surface area contributed by atoms with Crippen LogP contribution in [0.4, 0.5) is 0 Å². The van der Waals surface area contributed by atoms with Gasteiger partial charge in [-0.2, -0.15) is 0 Å². The Kier molecular flexibility index (Phi) is 6.31. The van der Waals surface area contributed by atoms with Crippen molar-refractivity contribution in [2.75, 3.05) is 25.7 Å². The zero-order valence-electron chi connectivity index (χ0n) is 11.8. The second-order valence-electron chi connectivity index (χ2n) is 4.62. The Morgan fingerprint density at radius 3 is 2.68 bits per heavy atom. The maximum Gasteiger partial charge on any atom is 0.147 e. The molecule has 0 aromatic heterocycles. The fraction of sp³-hybridized carbons (Fsp3) is 0.571. The summed E-state index contributed by atoms with van der Waals surface area (Å²) in [6, 6.07) is 8.08. The van der Waals surface area contributed by atoms with E-state index in [1.54, 1.807) is 0 Å². The molecule has 19 heavy (non-hydrogen) atoms. The lowest BCUT2D eigenvalue weighted by atomic mass is 10.0. The number of ether oxygens (including phenoxy) is 1. The molecule has 0 aliphatic rings. The minimum Gasteiger partial charge on any atom is -0.494 e. The maximum atomic E-state index is 11.1. The van der Waals surface area contributed by atoms with Gasteiger partial charge in [0.1, 0.15) is 15.6 Å². The first-order valence-electron chi connectivity index (χ1n) is 6.54. The van der Waals surface area contributed by atoms with Gasteiger partial charge in [0.2, 0.25) is 0 Å². The molecule has 0 amide bonds. The highest BCUT2D eigenvalue weighted by molar-refractivity contribution is 7.90. The molecule has 108 valence electrons. The van der Waals surface area contributed by atoms with E-state index in [0.717, 1.165) is 17.7 Å². The minimum absolute atomic E-state index is 0.155. The van der Waals surface area contributed by atoms with Gasteiger partial charge in [0.25, 0.3) is 0 Å². The molecule has 0 aliphatic heterocycles. The summed E-state index contributed by atoms with van der Waals surface area (Å²) in [6.07, 6.45) is 2.72. The molecule has 1 atom stereocenters. The summed E-state index contributed by atoms with van der Waals surface area (Å²) in [5, 5.41) is 3.22. The molecule has 0 heterocycles. The number of rotatable bonds is 8. The van der Waals surface area contributed by atoms with Gasteiger partial charge in [0, 0.05) is 18.1 Å². The van der Waals surface area contributed by atoms with Gasteiger partial charge in [-0.25, -0.2) is 8.42 Å². The van der Waals surface area contributed by atoms with Crippen molar-refractivity contribution in [2.24, 2.45) is 0 Å². The van der Waals surface area contributed by atoms with E-state index in [4.69, 9.17) is 4.74 Å². The van der Waals surface area contributed by atoms with Crippen molar-refractivity contribution in [3.05, 3.63) is 29.8 Å². The highest BCUT2D eigenvalue weighted by atomic mass is 32.2. The zero-order valence-corrected chi connectivity index (χ0v) is 12.7. The molecule has 1 aromatic rings. The maximum absolute atomic E-state index is 11.1. The van der Waals surface area contributed by atoms with Crippen molar-refractivity contribution in [1.82, 2.24) is 5.32 Å². The molecule has 1 N–H and O–H groups in total. The second kappa shape index (κ2) is 7.50. The third-order valence-corrected chi connectivity index (χ3v) is 3.96. The number of hydrogen-bond donors (Lipinski definition) is 1. The van der Waals surface area contributed by atoms with Crippen LogP contribution in [0.2, 0.25) is 0 Å². The Bertz CT molecular complexity index is 485. The molecule has 1 rings (SSSR count). The summed E-state index contributed by atoms with van der Waals surface area (Å²) in [6.45, 7) is 2.59. The Morgan fingerprint density at radius 1 is 1.37 bits per heavy atom. The van der Waals surface area contributed by atoms with E-state index >= 15 is 0 Å². The first-order valence-corrected chi connectivity index (χ1v) is 8.60. The van der Waals surface area contributed by atoms with Gasteiger partial charge in [0.15, 0.2) is 0 Å². The molecule has 0 saturated heterocycles. The predicted octanol–water partition coefficient (Wildman–Crippen LogP) is 2.17. The summed E-state index contributed by atoms with van der Waals surface area (Å²) < 4.78 is 27.7. The molecule has 0 radical (unpaired) electrons. The summed E-state index contributed by atoms with van der Waals surface area (Å²) in [5.74, 6) is 1.08. The fourth-order valence-corrected chi connectivity index (χ4v) is 2.71. The zero-order chi connectivity index (χ0) is 14.3. The van der Waals surface area contributed by atoms with Crippen LogP contribution in [0.1, 0.15) is 31.4 Å². The second-order valence-corrected chi connectivity index (χ2v) is 6.88. The van der Waals surface area contributed by atoms with Crippen molar-refractivity contribution in [1.29, 1.82) is 0 Å². The van der Waals surface area contributed by atoms with Crippen LogP contribution >= 0.6 is 0 Å². The average molecular weight is 285 g/mol. The van der Waals surface area contributed by atoms with Gasteiger partial charge < -0.3 is 10.1 Å². The van der Waals surface area contributed by atoms with Crippen LogP contribution in [0.15, 0.2) is 24.3 Å². The molecule has 0 spiro atoms. The van der Waals surface area contributed by atoms with Crippen LogP contribution in [0.3, 0.4) is 0 Å². The van der Waals surface area contributed by atoms with Crippen molar-refractivity contribution in [3.63, 3.8) is 0 Å². The molecule has 0 saturated carbocycles. The van der Waals surface area contributed by atoms with Crippen molar-refractivity contribution in [3.8, 4) is 5.75 Å². The van der Waals surface area contributed by atoms with E-state index in [-0.39, 0.29) is 11.8 Å². The van der Waals surface area contributed by atoms with E-state index in [9.17, 15) is 8.42 Å². The Hall–Kier alpha value is -1.07. The molecular weight excluding hydrogens is 262 g/mol. The monoisotopic (exact) mass is 285 g/mol. The normalized spacial score (nSPS) is 13.2. The molecule has 1 unspecified atom stereocenters. The van der Waals surface area contributed by atoms with Gasteiger partial charge in [-0.3, -0.25) is 0 Å². The average Bonchev–Trinajstić information content (AvgIpc) is 2.34. The highest BCUT2D eigenvalue weighted by Gasteiger charge is 2.11. The first kappa shape index (κ1) is 16.0. The Morgan fingerprint density at radius 2 is 2.11 bits per heavy atom. The van der Waals surface area contributed by atoms with E-state index in [0.29, 0.717) is 13.0 Å². The predicted molar refractivity (Wildman–Crippen MR) is 78.4 cm³/mol. The summed E-state index contributed by atoms with van der Waals surface area (Å²) >= 11 is 0. The largest absolute Gasteiger partial charge is 0.494 e.